The minimum Gasteiger partial charge on any atom is -0.373 e. The predicted molar refractivity (Wildman–Crippen MR) is 131 cm³/mol. The van der Waals surface area contributed by atoms with Gasteiger partial charge in [0.2, 0.25) is 0 Å². The quantitative estimate of drug-likeness (QED) is 0.433. The summed E-state index contributed by atoms with van der Waals surface area (Å²) < 4.78 is 46.8. The van der Waals surface area contributed by atoms with Gasteiger partial charge in [0.15, 0.2) is 0 Å². The summed E-state index contributed by atoms with van der Waals surface area (Å²) >= 11 is 0. The number of fused-ring (bicyclic) bond motifs is 1. The van der Waals surface area contributed by atoms with E-state index in [0.717, 1.165) is 17.8 Å². The second-order valence-corrected chi connectivity index (χ2v) is 8.88. The third kappa shape index (κ3) is 5.85. The number of nitrogens with zero attached hydrogens (tertiary/aromatic N) is 2. The molecule has 0 aliphatic carbocycles. The van der Waals surface area contributed by atoms with Crippen molar-refractivity contribution in [2.45, 2.75) is 58.1 Å². The van der Waals surface area contributed by atoms with E-state index in [9.17, 15) is 22.8 Å². The average Bonchev–Trinajstić information content (AvgIpc) is 3.30. The topological polar surface area (TPSA) is 85.2 Å². The zero-order valence-corrected chi connectivity index (χ0v) is 20.6. The molecule has 0 spiro atoms. The molecule has 37 heavy (non-hydrogen) atoms. The number of ether oxygens (including phenoxy) is 1. The fourth-order valence-corrected chi connectivity index (χ4v) is 4.51. The Hall–Kier alpha value is -3.66. The van der Waals surface area contributed by atoms with Crippen molar-refractivity contribution in [2.75, 3.05) is 6.61 Å². The molecule has 3 heterocycles. The molecular formula is C27H29F3N4O3. The van der Waals surface area contributed by atoms with Gasteiger partial charge in [-0.05, 0) is 36.1 Å². The van der Waals surface area contributed by atoms with Crippen molar-refractivity contribution in [1.29, 1.82) is 0 Å². The van der Waals surface area contributed by atoms with Gasteiger partial charge >= 0.3 is 6.18 Å². The highest BCUT2D eigenvalue weighted by Crippen LogP contribution is 2.31. The molecule has 1 aliphatic heterocycles. The number of benzene rings is 1. The highest BCUT2D eigenvalue weighted by atomic mass is 19.4. The van der Waals surface area contributed by atoms with E-state index in [1.165, 1.54) is 12.3 Å². The SMILES string of the molecule is CCC(NC(=O)c1cc(C(=O)N[C@H](CC)c2ccccc2)c2n1CCOC2)c1cncc(C(F)(F)F)c1. The number of carbonyl (C=O) groups is 2. The normalized spacial score (nSPS) is 14.9. The van der Waals surface area contributed by atoms with E-state index >= 15 is 0 Å². The highest BCUT2D eigenvalue weighted by molar-refractivity contribution is 6.01. The molecule has 2 amide bonds. The van der Waals surface area contributed by atoms with Crippen LogP contribution in [0.25, 0.3) is 0 Å². The van der Waals surface area contributed by atoms with Crippen molar-refractivity contribution in [3.05, 3.63) is 88.5 Å². The number of aromatic nitrogens is 2. The first-order valence-electron chi connectivity index (χ1n) is 12.2. The molecule has 0 saturated carbocycles. The fourth-order valence-electron chi connectivity index (χ4n) is 4.51. The van der Waals surface area contributed by atoms with Crippen molar-refractivity contribution >= 4 is 11.8 Å². The van der Waals surface area contributed by atoms with E-state index in [1.807, 2.05) is 37.3 Å². The molecule has 0 fully saturated rings. The zero-order chi connectivity index (χ0) is 26.6. The Bertz CT molecular complexity index is 1260. The van der Waals surface area contributed by atoms with Gasteiger partial charge in [0.05, 0.1) is 42.1 Å². The average molecular weight is 515 g/mol. The predicted octanol–water partition coefficient (Wildman–Crippen LogP) is 5.19. The summed E-state index contributed by atoms with van der Waals surface area (Å²) in [7, 11) is 0. The molecule has 4 rings (SSSR count). The van der Waals surface area contributed by atoms with Crippen LogP contribution in [-0.4, -0.2) is 28.0 Å². The summed E-state index contributed by atoms with van der Waals surface area (Å²) in [6.07, 6.45) is -1.43. The van der Waals surface area contributed by atoms with Crippen molar-refractivity contribution in [3.8, 4) is 0 Å². The summed E-state index contributed by atoms with van der Waals surface area (Å²) in [4.78, 5) is 30.3. The molecule has 0 bridgehead atoms. The first-order chi connectivity index (χ1) is 17.7. The number of alkyl halides is 3. The first-order valence-corrected chi connectivity index (χ1v) is 12.2. The first kappa shape index (κ1) is 26.4. The number of hydrogen-bond acceptors (Lipinski definition) is 4. The largest absolute Gasteiger partial charge is 0.417 e. The Morgan fingerprint density at radius 2 is 1.68 bits per heavy atom. The number of hydrogen-bond donors (Lipinski definition) is 2. The molecule has 2 aromatic heterocycles. The molecule has 2 N–H and O–H groups in total. The number of carbonyl (C=O) groups excluding carboxylic acids is 2. The van der Waals surface area contributed by atoms with Crippen LogP contribution in [0.15, 0.2) is 54.9 Å². The lowest BCUT2D eigenvalue weighted by atomic mass is 10.0. The van der Waals surface area contributed by atoms with Gasteiger partial charge in [-0.25, -0.2) is 0 Å². The van der Waals surface area contributed by atoms with E-state index in [0.29, 0.717) is 37.3 Å². The Kier molecular flexibility index (Phi) is 7.97. The molecule has 7 nitrogen and oxygen atoms in total. The summed E-state index contributed by atoms with van der Waals surface area (Å²) in [6.45, 7) is 4.66. The highest BCUT2D eigenvalue weighted by Gasteiger charge is 2.32. The number of nitrogens with one attached hydrogen (secondary N) is 2. The third-order valence-electron chi connectivity index (χ3n) is 6.50. The van der Waals surface area contributed by atoms with Gasteiger partial charge < -0.3 is 19.9 Å². The monoisotopic (exact) mass is 514 g/mol. The van der Waals surface area contributed by atoms with Gasteiger partial charge in [0.1, 0.15) is 5.69 Å². The molecule has 0 radical (unpaired) electrons. The molecule has 1 unspecified atom stereocenters. The third-order valence-corrected chi connectivity index (χ3v) is 6.50. The number of halogens is 3. The minimum atomic E-state index is -4.54. The molecule has 10 heteroatoms. The van der Waals surface area contributed by atoms with Gasteiger partial charge in [-0.1, -0.05) is 44.2 Å². The van der Waals surface area contributed by atoms with Crippen molar-refractivity contribution in [3.63, 3.8) is 0 Å². The summed E-state index contributed by atoms with van der Waals surface area (Å²) in [5, 5.41) is 5.86. The second-order valence-electron chi connectivity index (χ2n) is 8.88. The minimum absolute atomic E-state index is 0.174. The lowest BCUT2D eigenvalue weighted by Crippen LogP contribution is -2.32. The van der Waals surface area contributed by atoms with Crippen LogP contribution in [0.4, 0.5) is 13.2 Å². The molecular weight excluding hydrogens is 485 g/mol. The maximum absolute atomic E-state index is 13.3. The Balaban J connectivity index is 1.59. The summed E-state index contributed by atoms with van der Waals surface area (Å²) in [5.41, 5.74) is 1.54. The van der Waals surface area contributed by atoms with Crippen LogP contribution < -0.4 is 10.6 Å². The standard InChI is InChI=1S/C27H29F3N4O3/c1-3-21(17-8-6-5-7-9-17)32-25(35)20-13-23(34-10-11-37-16-24(20)34)26(36)33-22(4-2)18-12-19(15-31-14-18)27(28,29)30/h5-9,12-15,21-22H,3-4,10-11,16H2,1-2H3,(H,32,35)(H,33,36)/t21-,22?/m1/s1. The van der Waals surface area contributed by atoms with Gasteiger partial charge in [-0.3, -0.25) is 14.6 Å². The van der Waals surface area contributed by atoms with Crippen LogP contribution in [0.5, 0.6) is 0 Å². The number of amides is 2. The van der Waals surface area contributed by atoms with Crippen LogP contribution in [0.3, 0.4) is 0 Å². The van der Waals surface area contributed by atoms with E-state index in [4.69, 9.17) is 4.74 Å². The van der Waals surface area contributed by atoms with Gasteiger partial charge in [0, 0.05) is 18.9 Å². The Labute approximate surface area is 213 Å². The zero-order valence-electron chi connectivity index (χ0n) is 20.6. The van der Waals surface area contributed by atoms with Crippen molar-refractivity contribution in [1.82, 2.24) is 20.2 Å². The molecule has 1 aromatic carbocycles. The Morgan fingerprint density at radius 1 is 1.00 bits per heavy atom. The van der Waals surface area contributed by atoms with E-state index < -0.39 is 23.7 Å². The van der Waals surface area contributed by atoms with Crippen LogP contribution in [0.2, 0.25) is 0 Å². The lowest BCUT2D eigenvalue weighted by Gasteiger charge is -2.22. The second kappa shape index (κ2) is 11.2. The molecule has 0 saturated heterocycles. The van der Waals surface area contributed by atoms with E-state index in [-0.39, 0.29) is 29.8 Å². The maximum Gasteiger partial charge on any atom is 0.417 e. The van der Waals surface area contributed by atoms with E-state index in [1.54, 1.807) is 11.5 Å². The van der Waals surface area contributed by atoms with Crippen molar-refractivity contribution < 1.29 is 27.5 Å². The van der Waals surface area contributed by atoms with Crippen LogP contribution in [0.1, 0.15) is 82.0 Å². The molecule has 2 atom stereocenters. The molecule has 196 valence electrons. The fraction of sp³-hybridized carbons (Fsp3) is 0.370. The van der Waals surface area contributed by atoms with Gasteiger partial charge in [0.25, 0.3) is 11.8 Å². The van der Waals surface area contributed by atoms with Gasteiger partial charge in [-0.15, -0.1) is 0 Å². The smallest absolute Gasteiger partial charge is 0.373 e. The van der Waals surface area contributed by atoms with Crippen LogP contribution in [-0.2, 0) is 24.1 Å². The molecule has 3 aromatic rings. The summed E-state index contributed by atoms with van der Waals surface area (Å²) in [5.74, 6) is -0.806. The Morgan fingerprint density at radius 3 is 2.35 bits per heavy atom. The van der Waals surface area contributed by atoms with Crippen molar-refractivity contribution in [2.24, 2.45) is 0 Å². The maximum atomic E-state index is 13.3. The van der Waals surface area contributed by atoms with Crippen LogP contribution >= 0.6 is 0 Å². The van der Waals surface area contributed by atoms with E-state index in [2.05, 4.69) is 15.6 Å². The lowest BCUT2D eigenvalue weighted by molar-refractivity contribution is -0.137. The van der Waals surface area contributed by atoms with Crippen LogP contribution in [0, 0.1) is 0 Å². The summed E-state index contributed by atoms with van der Waals surface area (Å²) in [6, 6.07) is 11.2. The van der Waals surface area contributed by atoms with Gasteiger partial charge in [-0.2, -0.15) is 13.2 Å². The molecule has 1 aliphatic rings. The number of rotatable bonds is 8. The number of pyridine rings is 1.